The SMILES string of the molecule is CCCC1(c2nn3c(C4CC4)nnc3s2)CCNCC1. The van der Waals surface area contributed by atoms with Gasteiger partial charge in [0.05, 0.1) is 0 Å². The molecule has 0 radical (unpaired) electrons. The highest BCUT2D eigenvalue weighted by Crippen LogP contribution is 2.42. The van der Waals surface area contributed by atoms with Crippen LogP contribution in [0.5, 0.6) is 0 Å². The van der Waals surface area contributed by atoms with Gasteiger partial charge in [-0.05, 0) is 45.2 Å². The zero-order valence-electron chi connectivity index (χ0n) is 11.9. The lowest BCUT2D eigenvalue weighted by Crippen LogP contribution is -2.39. The molecular weight excluding hydrogens is 270 g/mol. The summed E-state index contributed by atoms with van der Waals surface area (Å²) in [6, 6.07) is 0. The van der Waals surface area contributed by atoms with Crippen LogP contribution in [0.25, 0.3) is 4.96 Å². The normalized spacial score (nSPS) is 22.4. The summed E-state index contributed by atoms with van der Waals surface area (Å²) in [4.78, 5) is 0.982. The molecule has 20 heavy (non-hydrogen) atoms. The van der Waals surface area contributed by atoms with Gasteiger partial charge in [0.25, 0.3) is 0 Å². The summed E-state index contributed by atoms with van der Waals surface area (Å²) < 4.78 is 2.02. The highest BCUT2D eigenvalue weighted by atomic mass is 32.1. The maximum Gasteiger partial charge on any atom is 0.234 e. The van der Waals surface area contributed by atoms with Crippen molar-refractivity contribution in [2.75, 3.05) is 13.1 Å². The number of hydrogen-bond acceptors (Lipinski definition) is 5. The first-order valence-corrected chi connectivity index (χ1v) is 8.57. The molecule has 6 heteroatoms. The van der Waals surface area contributed by atoms with Crippen molar-refractivity contribution in [3.63, 3.8) is 0 Å². The summed E-state index contributed by atoms with van der Waals surface area (Å²) in [5, 5.41) is 18.4. The molecule has 0 amide bonds. The highest BCUT2D eigenvalue weighted by molar-refractivity contribution is 7.16. The Morgan fingerprint density at radius 2 is 2.10 bits per heavy atom. The van der Waals surface area contributed by atoms with Crippen molar-refractivity contribution >= 4 is 16.3 Å². The van der Waals surface area contributed by atoms with Gasteiger partial charge in [-0.2, -0.15) is 9.61 Å². The molecule has 2 aromatic heterocycles. The Labute approximate surface area is 122 Å². The van der Waals surface area contributed by atoms with Crippen LogP contribution in [0.3, 0.4) is 0 Å². The number of hydrogen-bond donors (Lipinski definition) is 1. The zero-order valence-corrected chi connectivity index (χ0v) is 12.7. The number of nitrogens with one attached hydrogen (secondary N) is 1. The van der Waals surface area contributed by atoms with Crippen LogP contribution in [0.2, 0.25) is 0 Å². The van der Waals surface area contributed by atoms with E-state index in [1.165, 1.54) is 43.5 Å². The Morgan fingerprint density at radius 1 is 1.30 bits per heavy atom. The largest absolute Gasteiger partial charge is 0.317 e. The molecule has 2 aromatic rings. The minimum Gasteiger partial charge on any atom is -0.317 e. The second-order valence-electron chi connectivity index (χ2n) is 6.21. The molecule has 0 spiro atoms. The van der Waals surface area contributed by atoms with E-state index in [1.54, 1.807) is 11.3 Å². The number of fused-ring (bicyclic) bond motifs is 1. The molecule has 1 aliphatic heterocycles. The van der Waals surface area contributed by atoms with E-state index in [1.807, 2.05) is 4.52 Å². The van der Waals surface area contributed by atoms with Crippen molar-refractivity contribution in [1.82, 2.24) is 25.1 Å². The van der Waals surface area contributed by atoms with Crippen molar-refractivity contribution in [3.05, 3.63) is 10.8 Å². The molecule has 1 aliphatic carbocycles. The van der Waals surface area contributed by atoms with E-state index in [-0.39, 0.29) is 5.41 Å². The summed E-state index contributed by atoms with van der Waals surface area (Å²) in [5.41, 5.74) is 0.270. The third-order valence-electron chi connectivity index (χ3n) is 4.70. The lowest BCUT2D eigenvalue weighted by molar-refractivity contribution is 0.282. The lowest BCUT2D eigenvalue weighted by atomic mass is 9.76. The van der Waals surface area contributed by atoms with Gasteiger partial charge < -0.3 is 5.32 Å². The van der Waals surface area contributed by atoms with Gasteiger partial charge in [0.1, 0.15) is 5.01 Å². The van der Waals surface area contributed by atoms with E-state index < -0.39 is 0 Å². The average molecular weight is 291 g/mol. The van der Waals surface area contributed by atoms with E-state index in [9.17, 15) is 0 Å². The Kier molecular flexibility index (Phi) is 3.03. The van der Waals surface area contributed by atoms with Crippen molar-refractivity contribution < 1.29 is 0 Å². The topological polar surface area (TPSA) is 55.1 Å². The summed E-state index contributed by atoms with van der Waals surface area (Å²) in [5.74, 6) is 1.69. The van der Waals surface area contributed by atoms with Crippen molar-refractivity contribution in [2.45, 2.75) is 56.8 Å². The van der Waals surface area contributed by atoms with Gasteiger partial charge in [0, 0.05) is 11.3 Å². The van der Waals surface area contributed by atoms with Crippen LogP contribution in [-0.2, 0) is 5.41 Å². The van der Waals surface area contributed by atoms with Crippen LogP contribution < -0.4 is 5.32 Å². The molecule has 5 nitrogen and oxygen atoms in total. The first-order chi connectivity index (χ1) is 9.82. The number of aromatic nitrogens is 4. The first kappa shape index (κ1) is 12.7. The average Bonchev–Trinajstić information content (AvgIpc) is 3.08. The zero-order chi connectivity index (χ0) is 13.6. The molecule has 0 bridgehead atoms. The van der Waals surface area contributed by atoms with Gasteiger partial charge in [-0.25, -0.2) is 0 Å². The Hall–Kier alpha value is -1.01. The Bertz CT molecular complexity index is 601. The summed E-state index contributed by atoms with van der Waals surface area (Å²) in [6.45, 7) is 4.49. The predicted octanol–water partition coefficient (Wildman–Crippen LogP) is 2.48. The molecular formula is C14H21N5S. The monoisotopic (exact) mass is 291 g/mol. The first-order valence-electron chi connectivity index (χ1n) is 7.76. The predicted molar refractivity (Wildman–Crippen MR) is 79.3 cm³/mol. The van der Waals surface area contributed by atoms with Gasteiger partial charge in [0.15, 0.2) is 5.82 Å². The van der Waals surface area contributed by atoms with Crippen LogP contribution in [0.4, 0.5) is 0 Å². The standard InChI is InChI=1S/C14H21N5S/c1-2-5-14(6-8-15-9-7-14)12-18-19-11(10-3-4-10)16-17-13(19)20-12/h10,15H,2-9H2,1H3. The molecule has 1 saturated carbocycles. The molecule has 0 aromatic carbocycles. The van der Waals surface area contributed by atoms with E-state index in [2.05, 4.69) is 22.4 Å². The second kappa shape index (κ2) is 4.77. The molecule has 2 aliphatic rings. The van der Waals surface area contributed by atoms with Crippen LogP contribution in [-0.4, -0.2) is 32.9 Å². The fraction of sp³-hybridized carbons (Fsp3) is 0.786. The minimum atomic E-state index is 0.270. The lowest BCUT2D eigenvalue weighted by Gasteiger charge is -2.35. The Morgan fingerprint density at radius 3 is 2.80 bits per heavy atom. The molecule has 2 fully saturated rings. The molecule has 4 rings (SSSR count). The maximum atomic E-state index is 4.93. The van der Waals surface area contributed by atoms with Crippen molar-refractivity contribution in [1.29, 1.82) is 0 Å². The summed E-state index contributed by atoms with van der Waals surface area (Å²) in [6.07, 6.45) is 7.34. The van der Waals surface area contributed by atoms with E-state index >= 15 is 0 Å². The molecule has 108 valence electrons. The maximum absolute atomic E-state index is 4.93. The van der Waals surface area contributed by atoms with E-state index in [0.29, 0.717) is 5.92 Å². The van der Waals surface area contributed by atoms with E-state index in [4.69, 9.17) is 5.10 Å². The van der Waals surface area contributed by atoms with Gasteiger partial charge >= 0.3 is 0 Å². The van der Waals surface area contributed by atoms with Crippen molar-refractivity contribution in [2.24, 2.45) is 0 Å². The van der Waals surface area contributed by atoms with Crippen LogP contribution >= 0.6 is 11.3 Å². The smallest absolute Gasteiger partial charge is 0.234 e. The number of rotatable bonds is 4. The molecule has 1 N–H and O–H groups in total. The van der Waals surface area contributed by atoms with Gasteiger partial charge in [-0.15, -0.1) is 10.2 Å². The number of piperidine rings is 1. The van der Waals surface area contributed by atoms with Crippen LogP contribution in [0, 0.1) is 0 Å². The molecule has 1 saturated heterocycles. The fourth-order valence-electron chi connectivity index (χ4n) is 3.40. The van der Waals surface area contributed by atoms with Gasteiger partial charge in [-0.3, -0.25) is 0 Å². The summed E-state index contributed by atoms with van der Waals surface area (Å²) in [7, 11) is 0. The fourth-order valence-corrected chi connectivity index (χ4v) is 4.52. The molecule has 3 heterocycles. The highest BCUT2D eigenvalue weighted by Gasteiger charge is 2.38. The van der Waals surface area contributed by atoms with Gasteiger partial charge in [-0.1, -0.05) is 24.7 Å². The van der Waals surface area contributed by atoms with Gasteiger partial charge in [0.2, 0.25) is 4.96 Å². The van der Waals surface area contributed by atoms with E-state index in [0.717, 1.165) is 23.9 Å². The quantitative estimate of drug-likeness (QED) is 0.940. The Balaban J connectivity index is 1.75. The molecule has 0 atom stereocenters. The third kappa shape index (κ3) is 1.97. The minimum absolute atomic E-state index is 0.270. The molecule has 0 unspecified atom stereocenters. The van der Waals surface area contributed by atoms with Crippen molar-refractivity contribution in [3.8, 4) is 0 Å². The number of nitrogens with zero attached hydrogens (tertiary/aromatic N) is 4. The summed E-state index contributed by atoms with van der Waals surface area (Å²) >= 11 is 1.76. The second-order valence-corrected chi connectivity index (χ2v) is 7.17. The van der Waals surface area contributed by atoms with Crippen LogP contribution in [0.15, 0.2) is 0 Å². The third-order valence-corrected chi connectivity index (χ3v) is 5.85. The van der Waals surface area contributed by atoms with Crippen LogP contribution in [0.1, 0.15) is 62.2 Å².